The normalized spacial score (nSPS) is 13.7. The second-order valence-corrected chi connectivity index (χ2v) is 29.6. The minimum atomic E-state index is -1.07. The van der Waals surface area contributed by atoms with Gasteiger partial charge in [0.1, 0.15) is 11.2 Å². The summed E-state index contributed by atoms with van der Waals surface area (Å²) in [7, 11) is -1.07. The predicted molar refractivity (Wildman–Crippen MR) is 420 cm³/mol. The molecule has 1 aliphatic heterocycles. The van der Waals surface area contributed by atoms with E-state index in [2.05, 4.69) is 374 Å². The molecule has 6 heteroatoms. The molecule has 0 radical (unpaired) electrons. The molecular formula is C93H65N3OS2. The van der Waals surface area contributed by atoms with Gasteiger partial charge in [-0.15, -0.1) is 11.3 Å². The lowest BCUT2D eigenvalue weighted by molar-refractivity contribution is 0.660. The molecule has 0 spiro atoms. The number of furan rings is 1. The van der Waals surface area contributed by atoms with Crippen LogP contribution >= 0.6 is 22.2 Å². The zero-order valence-electron chi connectivity index (χ0n) is 54.6. The smallest absolute Gasteiger partial charge is 0.143 e. The molecule has 1 aliphatic carbocycles. The Labute approximate surface area is 583 Å². The highest BCUT2D eigenvalue weighted by molar-refractivity contribution is 8.17. The van der Waals surface area contributed by atoms with Crippen LogP contribution in [0.5, 0.6) is 0 Å². The third-order valence-corrected chi connectivity index (χ3v) is 24.0. The fourth-order valence-corrected chi connectivity index (χ4v) is 19.4. The lowest BCUT2D eigenvalue weighted by Crippen LogP contribution is -2.16. The molecule has 4 nitrogen and oxygen atoms in total. The number of anilines is 9. The second-order valence-electron chi connectivity index (χ2n) is 26.4. The number of benzene rings is 15. The molecule has 0 amide bonds. The number of thiophene rings is 1. The van der Waals surface area contributed by atoms with Crippen molar-refractivity contribution in [2.45, 2.75) is 33.9 Å². The van der Waals surface area contributed by atoms with Gasteiger partial charge in [-0.05, 0) is 194 Å². The summed E-state index contributed by atoms with van der Waals surface area (Å²) in [6, 6.07) is 130. The molecule has 17 aromatic rings. The van der Waals surface area contributed by atoms with Crippen molar-refractivity contribution in [1.82, 2.24) is 0 Å². The Morgan fingerprint density at radius 2 is 0.788 bits per heavy atom. The molecular weight excluding hydrogens is 1240 g/mol. The van der Waals surface area contributed by atoms with Gasteiger partial charge in [0.05, 0.1) is 11.4 Å². The van der Waals surface area contributed by atoms with Crippen LogP contribution in [0.15, 0.2) is 371 Å². The van der Waals surface area contributed by atoms with Crippen LogP contribution in [-0.4, -0.2) is 0 Å². The quantitative estimate of drug-likeness (QED) is 0.116. The zero-order chi connectivity index (χ0) is 65.7. The average molecular weight is 1300 g/mol. The molecule has 0 N–H and O–H groups in total. The maximum atomic E-state index is 6.57. The summed E-state index contributed by atoms with van der Waals surface area (Å²) in [6.07, 6.45) is 0. The van der Waals surface area contributed by atoms with Gasteiger partial charge in [0.25, 0.3) is 0 Å². The molecule has 0 saturated carbocycles. The Balaban J connectivity index is 0.744. The Morgan fingerprint density at radius 1 is 0.293 bits per heavy atom. The molecule has 2 aromatic heterocycles. The molecule has 1 atom stereocenters. The van der Waals surface area contributed by atoms with Crippen molar-refractivity contribution in [3.63, 3.8) is 0 Å². The van der Waals surface area contributed by atoms with Crippen LogP contribution in [0.25, 0.3) is 97.7 Å². The number of thiol groups is 1. The third kappa shape index (κ3) is 9.81. The van der Waals surface area contributed by atoms with Gasteiger partial charge < -0.3 is 19.1 Å². The Morgan fingerprint density at radius 3 is 1.53 bits per heavy atom. The first-order chi connectivity index (χ1) is 48.9. The molecule has 19 rings (SSSR count). The van der Waals surface area contributed by atoms with Gasteiger partial charge in [0, 0.05) is 103 Å². The molecule has 3 heterocycles. The van der Waals surface area contributed by atoms with Crippen LogP contribution in [0.4, 0.5) is 51.2 Å². The topological polar surface area (TPSA) is 22.9 Å². The highest BCUT2D eigenvalue weighted by atomic mass is 32.2. The predicted octanol–water partition coefficient (Wildman–Crippen LogP) is 27.1. The van der Waals surface area contributed by atoms with E-state index in [9.17, 15) is 0 Å². The molecule has 99 heavy (non-hydrogen) atoms. The van der Waals surface area contributed by atoms with E-state index in [1.807, 2.05) is 17.4 Å². The molecule has 0 bridgehead atoms. The molecule has 0 fully saturated rings. The lowest BCUT2D eigenvalue weighted by Gasteiger charge is -2.29. The third-order valence-electron chi connectivity index (χ3n) is 20.4. The number of nitrogens with zero attached hydrogens (tertiary/aromatic N) is 3. The Kier molecular flexibility index (Phi) is 14.0. The first-order valence-electron chi connectivity index (χ1n) is 34.0. The van der Waals surface area contributed by atoms with E-state index >= 15 is 0 Å². The van der Waals surface area contributed by atoms with E-state index in [1.54, 1.807) is 0 Å². The van der Waals surface area contributed by atoms with Crippen molar-refractivity contribution in [3.05, 3.63) is 363 Å². The first-order valence-corrected chi connectivity index (χ1v) is 36.1. The number of para-hydroxylation sites is 4. The number of rotatable bonds is 13. The summed E-state index contributed by atoms with van der Waals surface area (Å²) in [4.78, 5) is 11.3. The first kappa shape index (κ1) is 58.4. The van der Waals surface area contributed by atoms with Gasteiger partial charge in [-0.25, -0.2) is 0 Å². The maximum Gasteiger partial charge on any atom is 0.143 e. The lowest BCUT2D eigenvalue weighted by atomic mass is 9.82. The summed E-state index contributed by atoms with van der Waals surface area (Å²) in [5, 5.41) is 4.79. The van der Waals surface area contributed by atoms with Crippen molar-refractivity contribution < 1.29 is 4.42 Å². The number of hydrogen-bond acceptors (Lipinski definition) is 5. The zero-order valence-corrected chi connectivity index (χ0v) is 56.3. The fourth-order valence-electron chi connectivity index (χ4n) is 15.7. The Bertz CT molecular complexity index is 5920. The van der Waals surface area contributed by atoms with Gasteiger partial charge in [-0.3, -0.25) is 0 Å². The van der Waals surface area contributed by atoms with Gasteiger partial charge in [-0.2, -0.15) is 10.9 Å². The van der Waals surface area contributed by atoms with Crippen molar-refractivity contribution >= 4 is 116 Å². The van der Waals surface area contributed by atoms with E-state index in [1.165, 1.54) is 84.9 Å². The van der Waals surface area contributed by atoms with Crippen molar-refractivity contribution in [2.75, 3.05) is 14.7 Å². The van der Waals surface area contributed by atoms with Crippen LogP contribution in [0, 0.1) is 0 Å². The number of hydrogen-bond donors (Lipinski definition) is 1. The van der Waals surface area contributed by atoms with E-state index < -0.39 is 10.9 Å². The van der Waals surface area contributed by atoms with E-state index in [0.29, 0.717) is 0 Å². The minimum absolute atomic E-state index is 0.168. The van der Waals surface area contributed by atoms with Gasteiger partial charge >= 0.3 is 0 Å². The molecule has 470 valence electrons. The SMILES string of the molecule is CC1(C)c2ccccc2-c2c(N(c3ccc(-c4cccc([SH]5c6ccc(N(c7ccc(-c8ccccc8)cc7)c7ccc8sc9ccccc9c8c7)cc6-c6c(N(c7ccccc7)c7ccccc7)cccc65)c4)cc3)c3ccc(-c4cccc5c4oc4ccccc45)cc3)cccc21. The van der Waals surface area contributed by atoms with Crippen molar-refractivity contribution in [3.8, 4) is 55.6 Å². The van der Waals surface area contributed by atoms with Crippen molar-refractivity contribution in [2.24, 2.45) is 0 Å². The van der Waals surface area contributed by atoms with Crippen LogP contribution in [0.2, 0.25) is 0 Å². The summed E-state index contributed by atoms with van der Waals surface area (Å²) in [6.45, 7) is 4.73. The van der Waals surface area contributed by atoms with E-state index in [4.69, 9.17) is 4.42 Å². The Hall–Kier alpha value is -11.9. The summed E-state index contributed by atoms with van der Waals surface area (Å²) in [5.41, 5.74) is 26.2. The largest absolute Gasteiger partial charge is 0.455 e. The maximum absolute atomic E-state index is 6.57. The van der Waals surface area contributed by atoms with Crippen LogP contribution in [0.3, 0.4) is 0 Å². The van der Waals surface area contributed by atoms with Gasteiger partial charge in [-0.1, -0.05) is 226 Å². The molecule has 1 unspecified atom stereocenters. The highest BCUT2D eigenvalue weighted by Crippen LogP contribution is 2.66. The van der Waals surface area contributed by atoms with Crippen LogP contribution in [-0.2, 0) is 5.41 Å². The van der Waals surface area contributed by atoms with Gasteiger partial charge in [0.15, 0.2) is 0 Å². The van der Waals surface area contributed by atoms with Crippen LogP contribution in [0.1, 0.15) is 25.0 Å². The van der Waals surface area contributed by atoms with Gasteiger partial charge in [0.2, 0.25) is 0 Å². The van der Waals surface area contributed by atoms with E-state index in [0.717, 1.165) is 89.8 Å². The molecule has 15 aromatic carbocycles. The van der Waals surface area contributed by atoms with Crippen LogP contribution < -0.4 is 14.7 Å². The molecule has 0 saturated heterocycles. The summed E-state index contributed by atoms with van der Waals surface area (Å²) in [5.74, 6) is 0. The highest BCUT2D eigenvalue weighted by Gasteiger charge is 2.38. The fraction of sp³-hybridized carbons (Fsp3) is 0.0323. The second kappa shape index (κ2) is 23.7. The minimum Gasteiger partial charge on any atom is -0.455 e. The summed E-state index contributed by atoms with van der Waals surface area (Å²) < 4.78 is 9.15. The average Bonchev–Trinajstić information content (AvgIpc) is 1.58. The standard InChI is InChI=1S/C93H65N3OS2/c1-93(2)81-35-15-12-32-78(81)90-82(93)36-20-37-83(90)96(70-52-46-64(47-53-70)74-33-19-34-77-75-30-13-16-39-85(75)97-92(74)77)69-50-44-63(45-51-69)65-24-18-29-73(58-65)99-88-57-55-72(60-80(88)91-84(38-21-41-89(91)99)95(66-25-8-4-9-26-66)67-27-10-5-11-28-67)94(68-48-42-62(43-49-68)61-22-6-3-7-23-61)71-54-56-87-79(59-71)76-31-14-17-40-86(76)98-87/h3-60,99H,1-2H3. The summed E-state index contributed by atoms with van der Waals surface area (Å²) >= 11 is 1.86. The van der Waals surface area contributed by atoms with E-state index in [-0.39, 0.29) is 5.41 Å². The number of fused-ring (bicyclic) bond motifs is 12. The molecule has 2 aliphatic rings. The van der Waals surface area contributed by atoms with Crippen molar-refractivity contribution in [1.29, 1.82) is 0 Å². The monoisotopic (exact) mass is 1300 g/mol.